The standard InChI is InChI=1S/C11H18N4O/c12-6-2-8-15(9-3-1-4-9)11(16)10-5-7-13-14-10/h5,7,9H,1-4,6,8,12H2,(H,13,14). The Morgan fingerprint density at radius 3 is 2.94 bits per heavy atom. The van der Waals surface area contributed by atoms with Gasteiger partial charge in [-0.15, -0.1) is 0 Å². The third-order valence-electron chi connectivity index (χ3n) is 3.11. The first-order valence-electron chi connectivity index (χ1n) is 5.83. The summed E-state index contributed by atoms with van der Waals surface area (Å²) in [5, 5.41) is 6.54. The molecule has 16 heavy (non-hydrogen) atoms. The Balaban J connectivity index is 2.02. The fourth-order valence-corrected chi connectivity index (χ4v) is 1.94. The van der Waals surface area contributed by atoms with Gasteiger partial charge >= 0.3 is 0 Å². The summed E-state index contributed by atoms with van der Waals surface area (Å²) in [5.41, 5.74) is 6.07. The van der Waals surface area contributed by atoms with E-state index in [1.54, 1.807) is 12.3 Å². The Bertz CT molecular complexity index is 332. The molecular weight excluding hydrogens is 204 g/mol. The van der Waals surface area contributed by atoms with Crippen molar-refractivity contribution < 1.29 is 4.79 Å². The van der Waals surface area contributed by atoms with Crippen molar-refractivity contribution in [3.05, 3.63) is 18.0 Å². The zero-order chi connectivity index (χ0) is 11.4. The highest BCUT2D eigenvalue weighted by Gasteiger charge is 2.29. The largest absolute Gasteiger partial charge is 0.334 e. The molecule has 1 aromatic rings. The molecule has 1 aromatic heterocycles. The molecule has 0 atom stereocenters. The van der Waals surface area contributed by atoms with E-state index < -0.39 is 0 Å². The predicted molar refractivity (Wildman–Crippen MR) is 60.9 cm³/mol. The first-order valence-corrected chi connectivity index (χ1v) is 5.83. The summed E-state index contributed by atoms with van der Waals surface area (Å²) in [7, 11) is 0. The molecule has 1 heterocycles. The van der Waals surface area contributed by atoms with Crippen LogP contribution in [-0.4, -0.2) is 40.1 Å². The second-order valence-electron chi connectivity index (χ2n) is 4.20. The van der Waals surface area contributed by atoms with Gasteiger partial charge in [0.15, 0.2) is 0 Å². The molecule has 5 heteroatoms. The summed E-state index contributed by atoms with van der Waals surface area (Å²) in [6.45, 7) is 1.37. The maximum atomic E-state index is 12.2. The maximum absolute atomic E-state index is 12.2. The van der Waals surface area contributed by atoms with Crippen molar-refractivity contribution in [1.29, 1.82) is 0 Å². The summed E-state index contributed by atoms with van der Waals surface area (Å²) in [5.74, 6) is 0.0515. The first kappa shape index (κ1) is 11.1. The van der Waals surface area contributed by atoms with Gasteiger partial charge < -0.3 is 10.6 Å². The van der Waals surface area contributed by atoms with Crippen molar-refractivity contribution >= 4 is 5.91 Å². The average molecular weight is 222 g/mol. The lowest BCUT2D eigenvalue weighted by molar-refractivity contribution is 0.0572. The predicted octanol–water partition coefficient (Wildman–Crippen LogP) is 0.753. The number of H-pyrrole nitrogens is 1. The third-order valence-corrected chi connectivity index (χ3v) is 3.11. The van der Waals surface area contributed by atoms with Crippen LogP contribution in [0.3, 0.4) is 0 Å². The van der Waals surface area contributed by atoms with E-state index in [9.17, 15) is 4.79 Å². The number of nitrogens with zero attached hydrogens (tertiary/aromatic N) is 2. The summed E-state index contributed by atoms with van der Waals surface area (Å²) in [4.78, 5) is 14.1. The van der Waals surface area contributed by atoms with Crippen molar-refractivity contribution in [2.24, 2.45) is 5.73 Å². The van der Waals surface area contributed by atoms with Crippen LogP contribution in [0.15, 0.2) is 12.3 Å². The molecule has 1 fully saturated rings. The van der Waals surface area contributed by atoms with Gasteiger partial charge in [-0.25, -0.2) is 0 Å². The minimum atomic E-state index is 0.0515. The fourth-order valence-electron chi connectivity index (χ4n) is 1.94. The lowest BCUT2D eigenvalue weighted by Crippen LogP contribution is -2.45. The number of nitrogens with one attached hydrogen (secondary N) is 1. The molecular formula is C11H18N4O. The quantitative estimate of drug-likeness (QED) is 0.772. The Morgan fingerprint density at radius 2 is 2.44 bits per heavy atom. The molecule has 1 aliphatic carbocycles. The van der Waals surface area contributed by atoms with Crippen LogP contribution in [0.5, 0.6) is 0 Å². The number of hydrogen-bond acceptors (Lipinski definition) is 3. The highest BCUT2D eigenvalue weighted by Crippen LogP contribution is 2.25. The summed E-state index contributed by atoms with van der Waals surface area (Å²) in [6.07, 6.45) is 5.92. The Hall–Kier alpha value is -1.36. The summed E-state index contributed by atoms with van der Waals surface area (Å²) < 4.78 is 0. The van der Waals surface area contributed by atoms with Gasteiger partial charge in [0.1, 0.15) is 5.69 Å². The van der Waals surface area contributed by atoms with Gasteiger partial charge in [-0.05, 0) is 38.3 Å². The smallest absolute Gasteiger partial charge is 0.272 e. The molecule has 2 rings (SSSR count). The number of rotatable bonds is 5. The fraction of sp³-hybridized carbons (Fsp3) is 0.636. The van der Waals surface area contributed by atoms with E-state index in [1.807, 2.05) is 4.90 Å². The van der Waals surface area contributed by atoms with Gasteiger partial charge in [0.05, 0.1) is 0 Å². The lowest BCUT2D eigenvalue weighted by atomic mass is 9.91. The molecule has 1 aliphatic rings. The molecule has 0 radical (unpaired) electrons. The number of carbonyl (C=O) groups is 1. The van der Waals surface area contributed by atoms with Crippen LogP contribution >= 0.6 is 0 Å². The van der Waals surface area contributed by atoms with Crippen LogP contribution in [0.2, 0.25) is 0 Å². The van der Waals surface area contributed by atoms with Crippen molar-refractivity contribution in [2.75, 3.05) is 13.1 Å². The highest BCUT2D eigenvalue weighted by molar-refractivity contribution is 5.92. The number of hydrogen-bond donors (Lipinski definition) is 2. The van der Waals surface area contributed by atoms with E-state index in [2.05, 4.69) is 10.2 Å². The van der Waals surface area contributed by atoms with Crippen LogP contribution < -0.4 is 5.73 Å². The highest BCUT2D eigenvalue weighted by atomic mass is 16.2. The molecule has 5 nitrogen and oxygen atoms in total. The molecule has 0 unspecified atom stereocenters. The van der Waals surface area contributed by atoms with Gasteiger partial charge in [-0.2, -0.15) is 5.10 Å². The van der Waals surface area contributed by atoms with Gasteiger partial charge in [0.2, 0.25) is 0 Å². The van der Waals surface area contributed by atoms with Gasteiger partial charge in [-0.1, -0.05) is 0 Å². The van der Waals surface area contributed by atoms with E-state index in [0.29, 0.717) is 18.3 Å². The first-order chi connectivity index (χ1) is 7.83. The van der Waals surface area contributed by atoms with E-state index in [0.717, 1.165) is 25.8 Å². The molecule has 1 amide bonds. The van der Waals surface area contributed by atoms with Crippen molar-refractivity contribution in [1.82, 2.24) is 15.1 Å². The lowest BCUT2D eigenvalue weighted by Gasteiger charge is -2.37. The zero-order valence-electron chi connectivity index (χ0n) is 9.35. The molecule has 3 N–H and O–H groups in total. The SMILES string of the molecule is NCCCN(C(=O)c1ccn[nH]1)C1CCC1. The van der Waals surface area contributed by atoms with E-state index in [4.69, 9.17) is 5.73 Å². The number of aromatic nitrogens is 2. The normalized spacial score (nSPS) is 15.8. The zero-order valence-corrected chi connectivity index (χ0v) is 9.35. The number of nitrogens with two attached hydrogens (primary N) is 1. The van der Waals surface area contributed by atoms with Gasteiger partial charge in [0, 0.05) is 18.8 Å². The van der Waals surface area contributed by atoms with Crippen molar-refractivity contribution in [3.63, 3.8) is 0 Å². The Labute approximate surface area is 95.0 Å². The van der Waals surface area contributed by atoms with Crippen molar-refractivity contribution in [3.8, 4) is 0 Å². The van der Waals surface area contributed by atoms with Crippen LogP contribution in [0.4, 0.5) is 0 Å². The summed E-state index contributed by atoms with van der Waals surface area (Å²) in [6, 6.07) is 2.12. The topological polar surface area (TPSA) is 75.0 Å². The minimum absolute atomic E-state index is 0.0515. The monoisotopic (exact) mass is 222 g/mol. The molecule has 88 valence electrons. The molecule has 0 saturated heterocycles. The molecule has 1 saturated carbocycles. The molecule has 0 bridgehead atoms. The minimum Gasteiger partial charge on any atom is -0.334 e. The van der Waals surface area contributed by atoms with Crippen LogP contribution in [0.1, 0.15) is 36.2 Å². The van der Waals surface area contributed by atoms with Crippen LogP contribution in [0.25, 0.3) is 0 Å². The van der Waals surface area contributed by atoms with Crippen molar-refractivity contribution in [2.45, 2.75) is 31.7 Å². The number of aromatic amines is 1. The Morgan fingerprint density at radius 1 is 1.62 bits per heavy atom. The molecule has 0 aromatic carbocycles. The average Bonchev–Trinajstić information content (AvgIpc) is 2.73. The van der Waals surface area contributed by atoms with Crippen LogP contribution in [0, 0.1) is 0 Å². The number of amides is 1. The maximum Gasteiger partial charge on any atom is 0.272 e. The van der Waals surface area contributed by atoms with Gasteiger partial charge in [-0.3, -0.25) is 9.89 Å². The third kappa shape index (κ3) is 2.24. The second-order valence-corrected chi connectivity index (χ2v) is 4.20. The molecule has 0 spiro atoms. The summed E-state index contributed by atoms with van der Waals surface area (Å²) >= 11 is 0. The Kier molecular flexibility index (Phi) is 3.56. The number of carbonyl (C=O) groups excluding carboxylic acids is 1. The van der Waals surface area contributed by atoms with Crippen LogP contribution in [-0.2, 0) is 0 Å². The second kappa shape index (κ2) is 5.12. The van der Waals surface area contributed by atoms with E-state index >= 15 is 0 Å². The molecule has 0 aliphatic heterocycles. The van der Waals surface area contributed by atoms with E-state index in [1.165, 1.54) is 6.42 Å². The van der Waals surface area contributed by atoms with E-state index in [-0.39, 0.29) is 5.91 Å². The van der Waals surface area contributed by atoms with Gasteiger partial charge in [0.25, 0.3) is 5.91 Å².